The van der Waals surface area contributed by atoms with Crippen LogP contribution in [0.25, 0.3) is 11.2 Å². The number of imidazole rings is 1. The molecule has 2 aromatic heterocycles. The molecule has 1 aliphatic carbocycles. The second kappa shape index (κ2) is 3.77. The monoisotopic (exact) mass is 302 g/mol. The molecule has 0 N–H and O–H groups in total. The van der Waals surface area contributed by atoms with Gasteiger partial charge in [0.1, 0.15) is 11.2 Å². The molecule has 2 heterocycles. The van der Waals surface area contributed by atoms with Gasteiger partial charge in [-0.1, -0.05) is 0 Å². The lowest BCUT2D eigenvalue weighted by Crippen LogP contribution is -2.37. The molecule has 0 aromatic carbocycles. The SMILES string of the molecule is Cn1c(=O)c2c(nc(C3(C(F)(F)F)CC3)n2C)n(C)c1=O. The molecule has 114 valence electrons. The molecule has 9 heteroatoms. The molecule has 6 nitrogen and oxygen atoms in total. The van der Waals surface area contributed by atoms with E-state index in [2.05, 4.69) is 4.98 Å². The highest BCUT2D eigenvalue weighted by Crippen LogP contribution is 2.58. The number of fused-ring (bicyclic) bond motifs is 1. The molecule has 0 saturated heterocycles. The summed E-state index contributed by atoms with van der Waals surface area (Å²) < 4.78 is 42.8. The van der Waals surface area contributed by atoms with Gasteiger partial charge in [-0.05, 0) is 12.8 Å². The van der Waals surface area contributed by atoms with Crippen LogP contribution in [0.4, 0.5) is 13.2 Å². The number of hydrogen-bond donors (Lipinski definition) is 0. The smallest absolute Gasteiger partial charge is 0.324 e. The summed E-state index contributed by atoms with van der Waals surface area (Å²) in [5, 5.41) is 0. The Morgan fingerprint density at radius 2 is 1.62 bits per heavy atom. The van der Waals surface area contributed by atoms with Crippen molar-refractivity contribution in [2.24, 2.45) is 21.1 Å². The number of hydrogen-bond acceptors (Lipinski definition) is 3. The van der Waals surface area contributed by atoms with E-state index < -0.39 is 22.8 Å². The van der Waals surface area contributed by atoms with Gasteiger partial charge in [0.2, 0.25) is 0 Å². The van der Waals surface area contributed by atoms with Gasteiger partial charge in [0, 0.05) is 21.1 Å². The third kappa shape index (κ3) is 1.57. The predicted molar refractivity (Wildman–Crippen MR) is 68.2 cm³/mol. The molecule has 1 aliphatic rings. The van der Waals surface area contributed by atoms with Gasteiger partial charge in [0.15, 0.2) is 11.2 Å². The topological polar surface area (TPSA) is 61.8 Å². The first kappa shape index (κ1) is 13.9. The maximum atomic E-state index is 13.2. The Bertz CT molecular complexity index is 868. The van der Waals surface area contributed by atoms with Crippen molar-refractivity contribution in [1.29, 1.82) is 0 Å². The van der Waals surface area contributed by atoms with E-state index in [0.717, 1.165) is 13.7 Å². The Morgan fingerprint density at radius 3 is 2.10 bits per heavy atom. The molecule has 1 fully saturated rings. The van der Waals surface area contributed by atoms with Crippen molar-refractivity contribution in [1.82, 2.24) is 18.7 Å². The number of nitrogens with zero attached hydrogens (tertiary/aromatic N) is 4. The van der Waals surface area contributed by atoms with Gasteiger partial charge in [-0.25, -0.2) is 9.78 Å². The van der Waals surface area contributed by atoms with Crippen LogP contribution in [0, 0.1) is 0 Å². The van der Waals surface area contributed by atoms with Gasteiger partial charge < -0.3 is 4.57 Å². The standard InChI is InChI=1S/C12H13F3N4O2/c1-17-6-7(18(2)10(21)19(3)8(6)20)16-9(17)11(4-5-11)12(13,14)15/h4-5H2,1-3H3. The van der Waals surface area contributed by atoms with Gasteiger partial charge in [-0.3, -0.25) is 13.9 Å². The quantitative estimate of drug-likeness (QED) is 0.773. The van der Waals surface area contributed by atoms with Crippen LogP contribution in [-0.4, -0.2) is 24.9 Å². The van der Waals surface area contributed by atoms with Crippen molar-refractivity contribution in [3.8, 4) is 0 Å². The fourth-order valence-corrected chi connectivity index (χ4v) is 2.71. The first-order valence-corrected chi connectivity index (χ1v) is 6.31. The summed E-state index contributed by atoms with van der Waals surface area (Å²) in [6, 6.07) is 0. The van der Waals surface area contributed by atoms with E-state index in [9.17, 15) is 22.8 Å². The summed E-state index contributed by atoms with van der Waals surface area (Å²) in [7, 11) is 4.05. The van der Waals surface area contributed by atoms with Crippen LogP contribution < -0.4 is 11.2 Å². The highest BCUT2D eigenvalue weighted by Gasteiger charge is 2.66. The van der Waals surface area contributed by atoms with Gasteiger partial charge in [0.25, 0.3) is 5.56 Å². The minimum atomic E-state index is -4.42. The lowest BCUT2D eigenvalue weighted by molar-refractivity contribution is -0.162. The average molecular weight is 302 g/mol. The molecule has 1 saturated carbocycles. The zero-order valence-corrected chi connectivity index (χ0v) is 11.7. The highest BCUT2D eigenvalue weighted by atomic mass is 19.4. The van der Waals surface area contributed by atoms with Gasteiger partial charge in [-0.15, -0.1) is 0 Å². The fourth-order valence-electron chi connectivity index (χ4n) is 2.71. The number of aromatic nitrogens is 4. The van der Waals surface area contributed by atoms with Gasteiger partial charge in [-0.2, -0.15) is 13.2 Å². The van der Waals surface area contributed by atoms with Crippen molar-refractivity contribution >= 4 is 11.2 Å². The van der Waals surface area contributed by atoms with Crippen molar-refractivity contribution < 1.29 is 13.2 Å². The van der Waals surface area contributed by atoms with Crippen molar-refractivity contribution in [2.75, 3.05) is 0 Å². The Labute approximate surface area is 116 Å². The first-order valence-electron chi connectivity index (χ1n) is 6.31. The van der Waals surface area contributed by atoms with Crippen LogP contribution in [0.2, 0.25) is 0 Å². The van der Waals surface area contributed by atoms with Crippen molar-refractivity contribution in [3.05, 3.63) is 26.7 Å². The second-order valence-electron chi connectivity index (χ2n) is 5.45. The Hall–Kier alpha value is -2.06. The number of halogens is 3. The minimum Gasteiger partial charge on any atom is -0.324 e. The summed E-state index contributed by atoms with van der Waals surface area (Å²) in [5.41, 5.74) is -3.27. The summed E-state index contributed by atoms with van der Waals surface area (Å²) in [6.45, 7) is 0. The normalized spacial score (nSPS) is 17.4. The van der Waals surface area contributed by atoms with Crippen molar-refractivity contribution in [3.63, 3.8) is 0 Å². The molecular formula is C12H13F3N4O2. The summed E-state index contributed by atoms with van der Waals surface area (Å²) in [5.74, 6) is -0.205. The summed E-state index contributed by atoms with van der Waals surface area (Å²) in [4.78, 5) is 27.9. The molecule has 0 spiro atoms. The molecule has 3 rings (SSSR count). The number of aryl methyl sites for hydroxylation is 2. The maximum absolute atomic E-state index is 13.2. The Kier molecular flexibility index (Phi) is 2.50. The molecule has 0 radical (unpaired) electrons. The van der Waals surface area contributed by atoms with Crippen LogP contribution in [0.15, 0.2) is 9.59 Å². The average Bonchev–Trinajstić information content (AvgIpc) is 3.13. The summed E-state index contributed by atoms with van der Waals surface area (Å²) >= 11 is 0. The molecule has 21 heavy (non-hydrogen) atoms. The molecular weight excluding hydrogens is 289 g/mol. The zero-order chi connectivity index (χ0) is 15.7. The molecule has 0 bridgehead atoms. The van der Waals surface area contributed by atoms with Crippen molar-refractivity contribution in [2.45, 2.75) is 24.4 Å². The van der Waals surface area contributed by atoms with Gasteiger partial charge >= 0.3 is 11.9 Å². The molecule has 0 unspecified atom stereocenters. The van der Waals surface area contributed by atoms with Crippen LogP contribution in [-0.2, 0) is 26.6 Å². The summed E-state index contributed by atoms with van der Waals surface area (Å²) in [6.07, 6.45) is -4.53. The van der Waals surface area contributed by atoms with Crippen LogP contribution in [0.1, 0.15) is 18.7 Å². The zero-order valence-electron chi connectivity index (χ0n) is 11.7. The lowest BCUT2D eigenvalue weighted by atomic mass is 10.1. The van der Waals surface area contributed by atoms with Crippen LogP contribution in [0.3, 0.4) is 0 Å². The molecule has 2 aromatic rings. The van der Waals surface area contributed by atoms with Crippen LogP contribution >= 0.6 is 0 Å². The Morgan fingerprint density at radius 1 is 1.05 bits per heavy atom. The lowest BCUT2D eigenvalue weighted by Gasteiger charge is -2.18. The van der Waals surface area contributed by atoms with E-state index in [1.165, 1.54) is 21.1 Å². The highest BCUT2D eigenvalue weighted by molar-refractivity contribution is 5.71. The van der Waals surface area contributed by atoms with E-state index in [1.807, 2.05) is 0 Å². The third-order valence-electron chi connectivity index (χ3n) is 4.20. The predicted octanol–water partition coefficient (Wildman–Crippen LogP) is 0.565. The van der Waals surface area contributed by atoms with E-state index >= 15 is 0 Å². The molecule has 0 aliphatic heterocycles. The van der Waals surface area contributed by atoms with E-state index in [-0.39, 0.29) is 29.8 Å². The fraction of sp³-hybridized carbons (Fsp3) is 0.583. The van der Waals surface area contributed by atoms with E-state index in [1.54, 1.807) is 0 Å². The Balaban J connectivity index is 2.43. The van der Waals surface area contributed by atoms with E-state index in [0.29, 0.717) is 0 Å². The maximum Gasteiger partial charge on any atom is 0.401 e. The molecule has 0 atom stereocenters. The number of rotatable bonds is 1. The van der Waals surface area contributed by atoms with Crippen LogP contribution in [0.5, 0.6) is 0 Å². The third-order valence-corrected chi connectivity index (χ3v) is 4.20. The second-order valence-corrected chi connectivity index (χ2v) is 5.45. The molecule has 0 amide bonds. The minimum absolute atomic E-state index is 0.00475. The van der Waals surface area contributed by atoms with Gasteiger partial charge in [0.05, 0.1) is 0 Å². The first-order chi connectivity index (χ1) is 9.62. The van der Waals surface area contributed by atoms with E-state index in [4.69, 9.17) is 0 Å². The number of alkyl halides is 3. The largest absolute Gasteiger partial charge is 0.401 e.